The molecule has 1 atom stereocenters. The summed E-state index contributed by atoms with van der Waals surface area (Å²) in [5.74, 6) is -0.300. The predicted octanol–water partition coefficient (Wildman–Crippen LogP) is 3.31. The summed E-state index contributed by atoms with van der Waals surface area (Å²) in [6.45, 7) is 3.60. The Morgan fingerprint density at radius 3 is 2.39 bits per heavy atom. The Balaban J connectivity index is 1.90. The molecule has 0 aromatic heterocycles. The van der Waals surface area contributed by atoms with Crippen LogP contribution in [-0.2, 0) is 9.59 Å². The van der Waals surface area contributed by atoms with Gasteiger partial charge < -0.3 is 10.1 Å². The second kappa shape index (κ2) is 11.7. The molecule has 0 saturated carbocycles. The first-order chi connectivity index (χ1) is 14.7. The van der Waals surface area contributed by atoms with Gasteiger partial charge in [0.05, 0.1) is 11.1 Å². The van der Waals surface area contributed by atoms with Gasteiger partial charge in [-0.05, 0) is 54.3 Å². The number of hydrogen-bond donors (Lipinski definition) is 2. The maximum Gasteiger partial charge on any atom is 0.269 e. The van der Waals surface area contributed by atoms with Gasteiger partial charge in [0.1, 0.15) is 11.8 Å². The molecule has 10 heteroatoms. The largest absolute Gasteiger partial charge is 0.484 e. The van der Waals surface area contributed by atoms with Crippen molar-refractivity contribution >= 4 is 35.3 Å². The number of nitrogens with one attached hydrogen (secondary N) is 2. The lowest BCUT2D eigenvalue weighted by molar-refractivity contribution is -0.384. The maximum absolute atomic E-state index is 12.5. The number of nitro groups is 1. The van der Waals surface area contributed by atoms with E-state index in [1.807, 2.05) is 13.8 Å². The van der Waals surface area contributed by atoms with Gasteiger partial charge in [0.25, 0.3) is 17.5 Å². The van der Waals surface area contributed by atoms with E-state index in [0.717, 1.165) is 0 Å². The molecule has 0 aliphatic rings. The smallest absolute Gasteiger partial charge is 0.269 e. The van der Waals surface area contributed by atoms with Gasteiger partial charge in [-0.15, -0.1) is 0 Å². The van der Waals surface area contributed by atoms with Gasteiger partial charge in [0.15, 0.2) is 6.61 Å². The molecule has 0 unspecified atom stereocenters. The third-order valence-electron chi connectivity index (χ3n) is 4.03. The van der Waals surface area contributed by atoms with Gasteiger partial charge in [-0.2, -0.15) is 5.10 Å². The van der Waals surface area contributed by atoms with Gasteiger partial charge >= 0.3 is 0 Å². The lowest BCUT2D eigenvalue weighted by atomic mass is 10.0. The predicted molar refractivity (Wildman–Crippen MR) is 117 cm³/mol. The highest BCUT2D eigenvalue weighted by Crippen LogP contribution is 2.15. The molecule has 0 aliphatic heterocycles. The quantitative estimate of drug-likeness (QED) is 0.329. The lowest BCUT2D eigenvalue weighted by Crippen LogP contribution is -2.47. The van der Waals surface area contributed by atoms with Crippen LogP contribution in [0.4, 0.5) is 5.69 Å². The number of nitro benzene ring substituents is 1. The van der Waals surface area contributed by atoms with Crippen LogP contribution in [0.1, 0.15) is 25.8 Å². The summed E-state index contributed by atoms with van der Waals surface area (Å²) in [6, 6.07) is 11.5. The molecule has 2 aromatic carbocycles. The molecule has 9 nitrogen and oxygen atoms in total. The summed E-state index contributed by atoms with van der Waals surface area (Å²) < 4.78 is 5.39. The number of carbonyl (C=O) groups excluding carboxylic acids is 2. The number of carbonyl (C=O) groups is 2. The molecule has 0 bridgehead atoms. The van der Waals surface area contributed by atoms with E-state index in [9.17, 15) is 19.7 Å². The molecule has 0 fully saturated rings. The number of benzene rings is 2. The summed E-state index contributed by atoms with van der Waals surface area (Å²) >= 11 is 5.81. The van der Waals surface area contributed by atoms with Crippen LogP contribution in [0.2, 0.25) is 5.02 Å². The first-order valence-electron chi connectivity index (χ1n) is 9.49. The van der Waals surface area contributed by atoms with E-state index in [1.165, 1.54) is 30.5 Å². The van der Waals surface area contributed by atoms with Crippen molar-refractivity contribution in [2.24, 2.45) is 11.0 Å². The number of rotatable bonds is 10. The first-order valence-corrected chi connectivity index (χ1v) is 9.87. The summed E-state index contributed by atoms with van der Waals surface area (Å²) in [4.78, 5) is 34.9. The molecule has 0 radical (unpaired) electrons. The Kier molecular flexibility index (Phi) is 8.95. The third kappa shape index (κ3) is 8.43. The molecule has 164 valence electrons. The Morgan fingerprint density at radius 2 is 1.81 bits per heavy atom. The van der Waals surface area contributed by atoms with Crippen LogP contribution < -0.4 is 15.5 Å². The molecule has 0 aliphatic carbocycles. The number of amides is 2. The highest BCUT2D eigenvalue weighted by molar-refractivity contribution is 6.30. The molecule has 2 amide bonds. The van der Waals surface area contributed by atoms with E-state index in [0.29, 0.717) is 22.8 Å². The van der Waals surface area contributed by atoms with Crippen molar-refractivity contribution in [3.05, 3.63) is 69.2 Å². The van der Waals surface area contributed by atoms with Gasteiger partial charge in [-0.3, -0.25) is 19.7 Å². The molecule has 2 rings (SSSR count). The molecule has 0 heterocycles. The van der Waals surface area contributed by atoms with Crippen LogP contribution in [-0.4, -0.2) is 35.6 Å². The van der Waals surface area contributed by atoms with Crippen LogP contribution in [0.5, 0.6) is 5.75 Å². The number of halogens is 1. The van der Waals surface area contributed by atoms with E-state index in [1.54, 1.807) is 24.3 Å². The average Bonchev–Trinajstić information content (AvgIpc) is 2.73. The zero-order valence-electron chi connectivity index (χ0n) is 17.1. The SMILES string of the molecule is CC(C)C[C@H](NC(=O)COc1ccc(Cl)cc1)C(=O)N/N=C\c1ccc([N+](=O)[O-])cc1. The normalized spacial score (nSPS) is 11.9. The van der Waals surface area contributed by atoms with Crippen LogP contribution >= 0.6 is 11.6 Å². The third-order valence-corrected chi connectivity index (χ3v) is 4.29. The summed E-state index contributed by atoms with van der Waals surface area (Å²) in [7, 11) is 0. The van der Waals surface area contributed by atoms with Gasteiger partial charge in [-0.25, -0.2) is 5.43 Å². The second-order valence-electron chi connectivity index (χ2n) is 7.08. The lowest BCUT2D eigenvalue weighted by Gasteiger charge is -2.19. The minimum absolute atomic E-state index is 0.0401. The number of non-ortho nitro benzene ring substituents is 1. The highest BCUT2D eigenvalue weighted by Gasteiger charge is 2.22. The fourth-order valence-corrected chi connectivity index (χ4v) is 2.68. The summed E-state index contributed by atoms with van der Waals surface area (Å²) in [6.07, 6.45) is 1.77. The van der Waals surface area contributed by atoms with Crippen molar-refractivity contribution in [3.63, 3.8) is 0 Å². The number of hydrogen-bond acceptors (Lipinski definition) is 6. The standard InChI is InChI=1S/C21H23ClN4O5/c1-14(2)11-19(24-20(27)13-31-18-9-5-16(22)6-10-18)21(28)25-23-12-15-3-7-17(8-4-15)26(29)30/h3-10,12,14,19H,11,13H2,1-2H3,(H,24,27)(H,25,28)/b23-12-/t19-/m0/s1. The minimum Gasteiger partial charge on any atom is -0.484 e. The highest BCUT2D eigenvalue weighted by atomic mass is 35.5. The van der Waals surface area contributed by atoms with Crippen LogP contribution in [0, 0.1) is 16.0 Å². The summed E-state index contributed by atoms with van der Waals surface area (Å²) in [5, 5.41) is 17.7. The van der Waals surface area contributed by atoms with Crippen molar-refractivity contribution < 1.29 is 19.2 Å². The minimum atomic E-state index is -0.796. The Bertz CT molecular complexity index is 930. The zero-order chi connectivity index (χ0) is 22.8. The second-order valence-corrected chi connectivity index (χ2v) is 7.51. The Labute approximate surface area is 184 Å². The fraction of sp³-hybridized carbons (Fsp3) is 0.286. The molecule has 0 saturated heterocycles. The van der Waals surface area contributed by atoms with E-state index >= 15 is 0 Å². The molecule has 2 N–H and O–H groups in total. The van der Waals surface area contributed by atoms with Crippen molar-refractivity contribution in [1.29, 1.82) is 0 Å². The Hall–Kier alpha value is -3.46. The topological polar surface area (TPSA) is 123 Å². The molecule has 2 aromatic rings. The van der Waals surface area contributed by atoms with Gasteiger partial charge in [0.2, 0.25) is 0 Å². The zero-order valence-corrected chi connectivity index (χ0v) is 17.8. The molecule has 0 spiro atoms. The number of ether oxygens (including phenoxy) is 1. The van der Waals surface area contributed by atoms with Gasteiger partial charge in [-0.1, -0.05) is 25.4 Å². The molecular formula is C21H23ClN4O5. The number of nitrogens with zero attached hydrogens (tertiary/aromatic N) is 2. The monoisotopic (exact) mass is 446 g/mol. The maximum atomic E-state index is 12.5. The van der Waals surface area contributed by atoms with E-state index in [2.05, 4.69) is 15.8 Å². The van der Waals surface area contributed by atoms with Crippen molar-refractivity contribution in [3.8, 4) is 5.75 Å². The van der Waals surface area contributed by atoms with E-state index in [4.69, 9.17) is 16.3 Å². The van der Waals surface area contributed by atoms with Crippen LogP contribution in [0.3, 0.4) is 0 Å². The van der Waals surface area contributed by atoms with Gasteiger partial charge in [0, 0.05) is 17.2 Å². The average molecular weight is 447 g/mol. The molecule has 31 heavy (non-hydrogen) atoms. The van der Waals surface area contributed by atoms with Crippen LogP contribution in [0.25, 0.3) is 0 Å². The van der Waals surface area contributed by atoms with Crippen molar-refractivity contribution in [1.82, 2.24) is 10.7 Å². The number of hydrazone groups is 1. The Morgan fingerprint density at radius 1 is 1.16 bits per heavy atom. The van der Waals surface area contributed by atoms with E-state index in [-0.39, 0.29) is 18.2 Å². The molecular weight excluding hydrogens is 424 g/mol. The van der Waals surface area contributed by atoms with E-state index < -0.39 is 22.8 Å². The fourth-order valence-electron chi connectivity index (χ4n) is 2.55. The van der Waals surface area contributed by atoms with Crippen LogP contribution in [0.15, 0.2) is 53.6 Å². The first kappa shape index (κ1) is 23.8. The van der Waals surface area contributed by atoms with Crippen molar-refractivity contribution in [2.75, 3.05) is 6.61 Å². The summed E-state index contributed by atoms with van der Waals surface area (Å²) in [5.41, 5.74) is 2.92. The van der Waals surface area contributed by atoms with Crippen molar-refractivity contribution in [2.45, 2.75) is 26.3 Å².